The molecule has 1 N–H and O–H groups in total. The quantitative estimate of drug-likeness (QED) is 0.644. The number of benzene rings is 1. The van der Waals surface area contributed by atoms with Crippen molar-refractivity contribution in [3.8, 4) is 22.9 Å². The summed E-state index contributed by atoms with van der Waals surface area (Å²) in [5.74, 6) is 2.39. The second kappa shape index (κ2) is 7.03. The third-order valence-electron chi connectivity index (χ3n) is 2.62. The number of nitrogens with one attached hydrogen (secondary N) is 1. The topological polar surface area (TPSA) is 24.9 Å². The molecule has 0 saturated heterocycles. The minimum atomic E-state index is -0.226. The van der Waals surface area contributed by atoms with Crippen LogP contribution in [-0.4, -0.2) is 11.5 Å². The third-order valence-corrected chi connectivity index (χ3v) is 3.56. The fourth-order valence-corrected chi connectivity index (χ4v) is 2.47. The van der Waals surface area contributed by atoms with Crippen molar-refractivity contribution in [1.29, 1.82) is 0 Å². The van der Waals surface area contributed by atoms with Crippen LogP contribution >= 0.6 is 11.3 Å². The van der Waals surface area contributed by atoms with Crippen molar-refractivity contribution in [2.75, 3.05) is 6.54 Å². The Morgan fingerprint density at radius 3 is 2.84 bits per heavy atom. The van der Waals surface area contributed by atoms with Gasteiger partial charge in [-0.15, -0.1) is 23.7 Å². The highest BCUT2D eigenvalue weighted by Gasteiger charge is 2.04. The number of unbranched alkanes of at least 4 members (excludes halogenated alkanes) is 1. The Bertz CT molecular complexity index is 554. The maximum absolute atomic E-state index is 12.8. The van der Waals surface area contributed by atoms with Gasteiger partial charge >= 0.3 is 0 Å². The molecule has 0 unspecified atom stereocenters. The van der Waals surface area contributed by atoms with Gasteiger partial charge in [0.25, 0.3) is 0 Å². The number of halogens is 1. The maximum atomic E-state index is 12.8. The molecular weight excluding hydrogens is 259 g/mol. The molecule has 0 aliphatic carbocycles. The average molecular weight is 274 g/mol. The van der Waals surface area contributed by atoms with Crippen molar-refractivity contribution in [3.63, 3.8) is 0 Å². The summed E-state index contributed by atoms with van der Waals surface area (Å²) in [6.45, 7) is 1.63. The van der Waals surface area contributed by atoms with Crippen LogP contribution in [-0.2, 0) is 6.54 Å². The Labute approximate surface area is 116 Å². The molecule has 0 radical (unpaired) electrons. The van der Waals surface area contributed by atoms with Gasteiger partial charge in [-0.25, -0.2) is 9.37 Å². The monoisotopic (exact) mass is 274 g/mol. The normalized spacial score (nSPS) is 10.3. The second-order valence-electron chi connectivity index (χ2n) is 4.14. The first kappa shape index (κ1) is 13.7. The smallest absolute Gasteiger partial charge is 0.123 e. The van der Waals surface area contributed by atoms with Gasteiger partial charge in [0.15, 0.2) is 0 Å². The molecule has 0 bridgehead atoms. The molecule has 0 aliphatic heterocycles. The molecule has 0 saturated carbocycles. The van der Waals surface area contributed by atoms with Crippen molar-refractivity contribution < 1.29 is 4.39 Å². The fraction of sp³-hybridized carbons (Fsp3) is 0.267. The minimum absolute atomic E-state index is 0.226. The van der Waals surface area contributed by atoms with Crippen LogP contribution in [0.15, 0.2) is 29.6 Å². The maximum Gasteiger partial charge on any atom is 0.123 e. The van der Waals surface area contributed by atoms with E-state index in [1.165, 1.54) is 12.1 Å². The van der Waals surface area contributed by atoms with Gasteiger partial charge in [0.1, 0.15) is 10.8 Å². The van der Waals surface area contributed by atoms with E-state index in [2.05, 4.69) is 16.2 Å². The lowest BCUT2D eigenvalue weighted by Crippen LogP contribution is -2.14. The summed E-state index contributed by atoms with van der Waals surface area (Å²) in [6.07, 6.45) is 6.96. The molecule has 1 heterocycles. The summed E-state index contributed by atoms with van der Waals surface area (Å²) in [7, 11) is 0. The van der Waals surface area contributed by atoms with E-state index in [4.69, 9.17) is 6.42 Å². The molecule has 19 heavy (non-hydrogen) atoms. The van der Waals surface area contributed by atoms with Crippen molar-refractivity contribution in [2.45, 2.75) is 19.4 Å². The van der Waals surface area contributed by atoms with Gasteiger partial charge in [-0.05, 0) is 37.2 Å². The predicted molar refractivity (Wildman–Crippen MR) is 77.3 cm³/mol. The van der Waals surface area contributed by atoms with Gasteiger partial charge in [0.05, 0.1) is 5.69 Å². The fourth-order valence-electron chi connectivity index (χ4n) is 1.65. The largest absolute Gasteiger partial charge is 0.311 e. The molecule has 0 amide bonds. The van der Waals surface area contributed by atoms with Gasteiger partial charge in [0.2, 0.25) is 0 Å². The lowest BCUT2D eigenvalue weighted by molar-refractivity contribution is 0.628. The highest BCUT2D eigenvalue weighted by Crippen LogP contribution is 2.23. The number of rotatable bonds is 6. The molecule has 1 aromatic carbocycles. The summed E-state index contributed by atoms with van der Waals surface area (Å²) >= 11 is 1.57. The van der Waals surface area contributed by atoms with Gasteiger partial charge in [-0.2, -0.15) is 0 Å². The Balaban J connectivity index is 1.88. The molecule has 0 spiro atoms. The highest BCUT2D eigenvalue weighted by molar-refractivity contribution is 7.13. The van der Waals surface area contributed by atoms with Crippen LogP contribution in [0, 0.1) is 18.2 Å². The minimum Gasteiger partial charge on any atom is -0.311 e. The standard InChI is InChI=1S/C15H15FN2S/c1-2-3-4-9-17-10-14-11-19-15(18-14)12-5-7-13(16)8-6-12/h1,5-8,11,17H,3-4,9-10H2. The first-order valence-corrected chi connectivity index (χ1v) is 7.02. The van der Waals surface area contributed by atoms with Crippen LogP contribution in [0.2, 0.25) is 0 Å². The average Bonchev–Trinajstić information content (AvgIpc) is 2.88. The van der Waals surface area contributed by atoms with E-state index in [0.29, 0.717) is 0 Å². The van der Waals surface area contributed by atoms with Gasteiger partial charge in [-0.1, -0.05) is 0 Å². The van der Waals surface area contributed by atoms with E-state index in [-0.39, 0.29) is 5.82 Å². The van der Waals surface area contributed by atoms with E-state index in [1.807, 2.05) is 5.38 Å². The van der Waals surface area contributed by atoms with Crippen molar-refractivity contribution in [1.82, 2.24) is 10.3 Å². The van der Waals surface area contributed by atoms with Crippen LogP contribution in [0.3, 0.4) is 0 Å². The molecule has 98 valence electrons. The van der Waals surface area contributed by atoms with Gasteiger partial charge in [-0.3, -0.25) is 0 Å². The number of terminal acetylenes is 1. The molecule has 2 aromatic rings. The molecule has 0 fully saturated rings. The van der Waals surface area contributed by atoms with E-state index < -0.39 is 0 Å². The van der Waals surface area contributed by atoms with E-state index in [1.54, 1.807) is 23.5 Å². The SMILES string of the molecule is C#CCCCNCc1csc(-c2ccc(F)cc2)n1. The summed E-state index contributed by atoms with van der Waals surface area (Å²) in [5.41, 5.74) is 1.95. The van der Waals surface area contributed by atoms with E-state index >= 15 is 0 Å². The zero-order valence-electron chi connectivity index (χ0n) is 10.5. The lowest BCUT2D eigenvalue weighted by Gasteiger charge is -2.00. The van der Waals surface area contributed by atoms with Crippen molar-refractivity contribution >= 4 is 11.3 Å². The number of hydrogen-bond acceptors (Lipinski definition) is 3. The van der Waals surface area contributed by atoms with Crippen LogP contribution < -0.4 is 5.32 Å². The number of nitrogens with zero attached hydrogens (tertiary/aromatic N) is 1. The van der Waals surface area contributed by atoms with E-state index in [9.17, 15) is 4.39 Å². The molecule has 0 aliphatic rings. The summed E-state index contributed by atoms with van der Waals surface area (Å²) in [6, 6.07) is 6.40. The number of hydrogen-bond donors (Lipinski definition) is 1. The van der Waals surface area contributed by atoms with Crippen LogP contribution in [0.4, 0.5) is 4.39 Å². The highest BCUT2D eigenvalue weighted by atomic mass is 32.1. The first-order chi connectivity index (χ1) is 9.29. The van der Waals surface area contributed by atoms with Gasteiger partial charge in [0, 0.05) is 23.9 Å². The number of aromatic nitrogens is 1. The van der Waals surface area contributed by atoms with Crippen molar-refractivity contribution in [2.24, 2.45) is 0 Å². The van der Waals surface area contributed by atoms with E-state index in [0.717, 1.165) is 42.2 Å². The molecule has 2 rings (SSSR count). The predicted octanol–water partition coefficient (Wildman–Crippen LogP) is 3.45. The first-order valence-electron chi connectivity index (χ1n) is 6.14. The summed E-state index contributed by atoms with van der Waals surface area (Å²) < 4.78 is 12.8. The molecule has 4 heteroatoms. The lowest BCUT2D eigenvalue weighted by atomic mass is 10.2. The van der Waals surface area contributed by atoms with Crippen LogP contribution in [0.25, 0.3) is 10.6 Å². The Kier molecular flexibility index (Phi) is 5.08. The molecule has 0 atom stereocenters. The van der Waals surface area contributed by atoms with Gasteiger partial charge < -0.3 is 5.32 Å². The van der Waals surface area contributed by atoms with Crippen molar-refractivity contribution in [3.05, 3.63) is 41.2 Å². The molecular formula is C15H15FN2S. The van der Waals surface area contributed by atoms with Crippen LogP contribution in [0.1, 0.15) is 18.5 Å². The Hall–Kier alpha value is -1.70. The molecule has 2 nitrogen and oxygen atoms in total. The third kappa shape index (κ3) is 4.16. The Morgan fingerprint density at radius 1 is 1.32 bits per heavy atom. The zero-order chi connectivity index (χ0) is 13.5. The zero-order valence-corrected chi connectivity index (χ0v) is 11.3. The summed E-state index contributed by atoms with van der Waals surface area (Å²) in [5, 5.41) is 6.24. The Morgan fingerprint density at radius 2 is 2.11 bits per heavy atom. The summed E-state index contributed by atoms with van der Waals surface area (Å²) in [4.78, 5) is 4.52. The second-order valence-corrected chi connectivity index (χ2v) is 4.99. The number of thiazole rings is 1. The molecule has 1 aromatic heterocycles. The van der Waals surface area contributed by atoms with Crippen LogP contribution in [0.5, 0.6) is 0 Å².